The predicted molar refractivity (Wildman–Crippen MR) is 80.9 cm³/mol. The minimum atomic E-state index is -0.972. The van der Waals surface area contributed by atoms with E-state index in [1.54, 1.807) is 13.0 Å². The lowest BCUT2D eigenvalue weighted by molar-refractivity contribution is 0.0576. The normalized spacial score (nSPS) is 14.2. The van der Waals surface area contributed by atoms with Gasteiger partial charge in [0, 0.05) is 6.42 Å². The zero-order valence-corrected chi connectivity index (χ0v) is 12.5. The van der Waals surface area contributed by atoms with Gasteiger partial charge < -0.3 is 5.11 Å². The summed E-state index contributed by atoms with van der Waals surface area (Å²) in [4.78, 5) is 0. The van der Waals surface area contributed by atoms with Crippen LogP contribution in [0.3, 0.4) is 0 Å². The van der Waals surface area contributed by atoms with Crippen LogP contribution in [0, 0.1) is 6.92 Å². The number of aliphatic hydroxyl groups is 1. The fourth-order valence-electron chi connectivity index (χ4n) is 2.14. The number of hydrogen-bond donors (Lipinski definition) is 1. The van der Waals surface area contributed by atoms with E-state index in [-0.39, 0.29) is 0 Å². The van der Waals surface area contributed by atoms with Gasteiger partial charge in [0.2, 0.25) is 0 Å². The smallest absolute Gasteiger partial charge is 0.0909 e. The summed E-state index contributed by atoms with van der Waals surface area (Å²) in [6, 6.07) is 13.3. The van der Waals surface area contributed by atoms with E-state index in [9.17, 15) is 5.11 Å². The Morgan fingerprint density at radius 2 is 1.79 bits per heavy atom. The molecule has 0 aliphatic carbocycles. The molecule has 0 aromatic heterocycles. The average molecular weight is 295 g/mol. The molecule has 0 saturated carbocycles. The third-order valence-electron chi connectivity index (χ3n) is 3.21. The van der Waals surface area contributed by atoms with Gasteiger partial charge in [-0.3, -0.25) is 0 Å². The molecule has 2 rings (SSSR count). The van der Waals surface area contributed by atoms with Gasteiger partial charge in [-0.15, -0.1) is 0 Å². The SMILES string of the molecule is Cc1cccc(C(C)(O)Cc2cccc(Cl)c2Cl)c1. The molecule has 2 aromatic rings. The van der Waals surface area contributed by atoms with Gasteiger partial charge >= 0.3 is 0 Å². The summed E-state index contributed by atoms with van der Waals surface area (Å²) in [5.41, 5.74) is 1.87. The number of hydrogen-bond acceptors (Lipinski definition) is 1. The molecule has 1 nitrogen and oxygen atoms in total. The van der Waals surface area contributed by atoms with Crippen molar-refractivity contribution in [3.63, 3.8) is 0 Å². The first-order chi connectivity index (χ1) is 8.90. The summed E-state index contributed by atoms with van der Waals surface area (Å²) < 4.78 is 0. The molecule has 1 atom stereocenters. The number of rotatable bonds is 3. The van der Waals surface area contributed by atoms with E-state index in [1.807, 2.05) is 43.3 Å². The van der Waals surface area contributed by atoms with Crippen molar-refractivity contribution >= 4 is 23.2 Å². The lowest BCUT2D eigenvalue weighted by Gasteiger charge is -2.25. The summed E-state index contributed by atoms with van der Waals surface area (Å²) in [7, 11) is 0. The monoisotopic (exact) mass is 294 g/mol. The second-order valence-electron chi connectivity index (χ2n) is 5.03. The van der Waals surface area contributed by atoms with Gasteiger partial charge in [-0.2, -0.15) is 0 Å². The maximum absolute atomic E-state index is 10.7. The highest BCUT2D eigenvalue weighted by Crippen LogP contribution is 2.32. The van der Waals surface area contributed by atoms with Crippen molar-refractivity contribution < 1.29 is 5.11 Å². The predicted octanol–water partition coefficient (Wildman–Crippen LogP) is 4.75. The summed E-state index contributed by atoms with van der Waals surface area (Å²) in [5.74, 6) is 0. The van der Waals surface area contributed by atoms with E-state index >= 15 is 0 Å². The summed E-state index contributed by atoms with van der Waals surface area (Å²) in [6.07, 6.45) is 0.426. The van der Waals surface area contributed by atoms with E-state index in [0.717, 1.165) is 16.7 Å². The molecule has 0 amide bonds. The minimum Gasteiger partial charge on any atom is -0.385 e. The van der Waals surface area contributed by atoms with E-state index in [0.29, 0.717) is 16.5 Å². The van der Waals surface area contributed by atoms with E-state index in [2.05, 4.69) is 0 Å². The van der Waals surface area contributed by atoms with Gasteiger partial charge in [-0.25, -0.2) is 0 Å². The van der Waals surface area contributed by atoms with Crippen molar-refractivity contribution in [1.29, 1.82) is 0 Å². The Morgan fingerprint density at radius 3 is 2.47 bits per heavy atom. The maximum Gasteiger partial charge on any atom is 0.0909 e. The largest absolute Gasteiger partial charge is 0.385 e. The van der Waals surface area contributed by atoms with Crippen molar-refractivity contribution in [3.8, 4) is 0 Å². The minimum absolute atomic E-state index is 0.426. The second-order valence-corrected chi connectivity index (χ2v) is 5.82. The van der Waals surface area contributed by atoms with Gasteiger partial charge in [-0.05, 0) is 31.0 Å². The van der Waals surface area contributed by atoms with Crippen LogP contribution in [0.2, 0.25) is 10.0 Å². The Hall–Kier alpha value is -1.02. The Morgan fingerprint density at radius 1 is 1.11 bits per heavy atom. The Kier molecular flexibility index (Phi) is 4.19. The summed E-state index contributed by atoms with van der Waals surface area (Å²) in [6.45, 7) is 3.80. The van der Waals surface area contributed by atoms with Crippen LogP contribution >= 0.6 is 23.2 Å². The molecule has 1 N–H and O–H groups in total. The fraction of sp³-hybridized carbons (Fsp3) is 0.250. The number of benzene rings is 2. The Balaban J connectivity index is 2.33. The van der Waals surface area contributed by atoms with Crippen molar-refractivity contribution in [2.75, 3.05) is 0 Å². The molecule has 0 saturated heterocycles. The first-order valence-corrected chi connectivity index (χ1v) is 6.88. The van der Waals surface area contributed by atoms with Crippen molar-refractivity contribution in [3.05, 3.63) is 69.2 Å². The molecule has 1 unspecified atom stereocenters. The highest BCUT2D eigenvalue weighted by Gasteiger charge is 2.25. The second kappa shape index (κ2) is 5.54. The maximum atomic E-state index is 10.7. The molecule has 0 bridgehead atoms. The lowest BCUT2D eigenvalue weighted by atomic mass is 9.88. The van der Waals surface area contributed by atoms with Gasteiger partial charge in [0.1, 0.15) is 0 Å². The van der Waals surface area contributed by atoms with Gasteiger partial charge in [0.25, 0.3) is 0 Å². The van der Waals surface area contributed by atoms with Crippen molar-refractivity contribution in [2.45, 2.75) is 25.9 Å². The zero-order chi connectivity index (χ0) is 14.0. The third kappa shape index (κ3) is 3.30. The molecule has 0 aliphatic heterocycles. The molecule has 19 heavy (non-hydrogen) atoms. The fourth-order valence-corrected chi connectivity index (χ4v) is 2.52. The van der Waals surface area contributed by atoms with Crippen LogP contribution < -0.4 is 0 Å². The Labute approximate surface area is 123 Å². The number of aryl methyl sites for hydroxylation is 1. The first kappa shape index (κ1) is 14.4. The molecule has 0 fully saturated rings. The van der Waals surface area contributed by atoms with E-state index in [1.165, 1.54) is 0 Å². The van der Waals surface area contributed by atoms with Crippen molar-refractivity contribution in [2.24, 2.45) is 0 Å². The van der Waals surface area contributed by atoms with Gasteiger partial charge in [0.15, 0.2) is 0 Å². The van der Waals surface area contributed by atoms with Crippen LogP contribution in [0.4, 0.5) is 0 Å². The van der Waals surface area contributed by atoms with Crippen LogP contribution in [0.15, 0.2) is 42.5 Å². The molecule has 0 heterocycles. The van der Waals surface area contributed by atoms with Crippen LogP contribution in [0.1, 0.15) is 23.6 Å². The van der Waals surface area contributed by atoms with Crippen LogP contribution in [-0.2, 0) is 12.0 Å². The van der Waals surface area contributed by atoms with Crippen LogP contribution in [-0.4, -0.2) is 5.11 Å². The molecular formula is C16H16Cl2O. The standard InChI is InChI=1S/C16H16Cl2O/c1-11-5-3-7-13(9-11)16(2,19)10-12-6-4-8-14(17)15(12)18/h3-9,19H,10H2,1-2H3. The van der Waals surface area contributed by atoms with E-state index in [4.69, 9.17) is 23.2 Å². The molecule has 100 valence electrons. The molecule has 0 spiro atoms. The first-order valence-electron chi connectivity index (χ1n) is 6.12. The molecule has 0 radical (unpaired) electrons. The molecule has 3 heteroatoms. The topological polar surface area (TPSA) is 20.2 Å². The molecular weight excluding hydrogens is 279 g/mol. The van der Waals surface area contributed by atoms with Crippen molar-refractivity contribution in [1.82, 2.24) is 0 Å². The highest BCUT2D eigenvalue weighted by atomic mass is 35.5. The quantitative estimate of drug-likeness (QED) is 0.866. The van der Waals surface area contributed by atoms with Crippen LogP contribution in [0.25, 0.3) is 0 Å². The summed E-state index contributed by atoms with van der Waals surface area (Å²) >= 11 is 12.2. The summed E-state index contributed by atoms with van der Waals surface area (Å²) in [5, 5.41) is 11.7. The van der Waals surface area contributed by atoms with E-state index < -0.39 is 5.60 Å². The highest BCUT2D eigenvalue weighted by molar-refractivity contribution is 6.42. The molecule has 2 aromatic carbocycles. The number of halogens is 2. The zero-order valence-electron chi connectivity index (χ0n) is 11.0. The average Bonchev–Trinajstić information content (AvgIpc) is 2.35. The van der Waals surface area contributed by atoms with Crippen LogP contribution in [0.5, 0.6) is 0 Å². The third-order valence-corrected chi connectivity index (χ3v) is 4.06. The lowest BCUT2D eigenvalue weighted by Crippen LogP contribution is -2.24. The molecule has 0 aliphatic rings. The van der Waals surface area contributed by atoms with Gasteiger partial charge in [-0.1, -0.05) is 65.2 Å². The van der Waals surface area contributed by atoms with Gasteiger partial charge in [0.05, 0.1) is 15.6 Å². The Bertz CT molecular complexity index is 591.